The summed E-state index contributed by atoms with van der Waals surface area (Å²) in [6.45, 7) is 3.75. The lowest BCUT2D eigenvalue weighted by Crippen LogP contribution is -2.49. The van der Waals surface area contributed by atoms with Crippen molar-refractivity contribution in [3.8, 4) is 11.1 Å². The number of piperazine rings is 1. The van der Waals surface area contributed by atoms with Crippen LogP contribution in [0.15, 0.2) is 54.6 Å². The summed E-state index contributed by atoms with van der Waals surface area (Å²) in [5, 5.41) is 0. The number of nitrogens with zero attached hydrogens (tertiary/aromatic N) is 2. The van der Waals surface area contributed by atoms with E-state index in [0.717, 1.165) is 48.9 Å². The van der Waals surface area contributed by atoms with Crippen LogP contribution < -0.4 is 0 Å². The molecule has 1 saturated heterocycles. The van der Waals surface area contributed by atoms with Gasteiger partial charge in [-0.2, -0.15) is 0 Å². The predicted molar refractivity (Wildman–Crippen MR) is 92.4 cm³/mol. The fourth-order valence-corrected chi connectivity index (χ4v) is 3.37. The summed E-state index contributed by atoms with van der Waals surface area (Å²) in [6, 6.07) is 19.0. The molecule has 3 heteroatoms. The van der Waals surface area contributed by atoms with Crippen LogP contribution in [0.1, 0.15) is 23.2 Å². The van der Waals surface area contributed by atoms with Crippen molar-refractivity contribution in [2.45, 2.75) is 18.9 Å². The Kier molecular flexibility index (Phi) is 3.88. The fourth-order valence-electron chi connectivity index (χ4n) is 3.37. The molecule has 1 aliphatic heterocycles. The third-order valence-electron chi connectivity index (χ3n) is 4.88. The maximum Gasteiger partial charge on any atom is 0.253 e. The normalized spacial score (nSPS) is 18.9. The molecule has 23 heavy (non-hydrogen) atoms. The van der Waals surface area contributed by atoms with Crippen LogP contribution in [0.5, 0.6) is 0 Å². The molecule has 4 rings (SSSR count). The molecule has 0 spiro atoms. The molecule has 118 valence electrons. The minimum absolute atomic E-state index is 0.165. The van der Waals surface area contributed by atoms with E-state index in [-0.39, 0.29) is 5.91 Å². The highest BCUT2D eigenvalue weighted by molar-refractivity contribution is 5.95. The van der Waals surface area contributed by atoms with Crippen molar-refractivity contribution < 1.29 is 4.79 Å². The van der Waals surface area contributed by atoms with E-state index in [1.54, 1.807) is 0 Å². The Balaban J connectivity index is 1.48. The number of hydrogen-bond donors (Lipinski definition) is 0. The van der Waals surface area contributed by atoms with Gasteiger partial charge in [-0.3, -0.25) is 9.69 Å². The number of carbonyl (C=O) groups is 1. The predicted octanol–water partition coefficient (Wildman–Crippen LogP) is 3.27. The molecule has 1 heterocycles. The average Bonchev–Trinajstić information content (AvgIpc) is 3.47. The van der Waals surface area contributed by atoms with Crippen LogP contribution in [0.25, 0.3) is 11.1 Å². The fraction of sp³-hybridized carbons (Fsp3) is 0.350. The van der Waals surface area contributed by atoms with Crippen molar-refractivity contribution in [2.75, 3.05) is 26.2 Å². The van der Waals surface area contributed by atoms with Crippen molar-refractivity contribution >= 4 is 5.91 Å². The lowest BCUT2D eigenvalue weighted by atomic mass is 10.0. The smallest absolute Gasteiger partial charge is 0.253 e. The van der Waals surface area contributed by atoms with Gasteiger partial charge in [0.15, 0.2) is 0 Å². The van der Waals surface area contributed by atoms with Crippen molar-refractivity contribution in [1.82, 2.24) is 9.80 Å². The van der Waals surface area contributed by atoms with Gasteiger partial charge in [-0.15, -0.1) is 0 Å². The molecule has 2 aliphatic rings. The Bertz CT molecular complexity index is 686. The summed E-state index contributed by atoms with van der Waals surface area (Å²) >= 11 is 0. The van der Waals surface area contributed by atoms with Gasteiger partial charge in [0.2, 0.25) is 0 Å². The largest absolute Gasteiger partial charge is 0.336 e. The first kappa shape index (κ1) is 14.5. The molecule has 0 N–H and O–H groups in total. The van der Waals surface area contributed by atoms with Crippen LogP contribution in [0, 0.1) is 0 Å². The highest BCUT2D eigenvalue weighted by atomic mass is 16.2. The number of hydrogen-bond acceptors (Lipinski definition) is 2. The second-order valence-corrected chi connectivity index (χ2v) is 6.51. The molecule has 1 aliphatic carbocycles. The summed E-state index contributed by atoms with van der Waals surface area (Å²) in [4.78, 5) is 17.3. The maximum absolute atomic E-state index is 12.8. The van der Waals surface area contributed by atoms with Crippen molar-refractivity contribution in [1.29, 1.82) is 0 Å². The first-order valence-corrected chi connectivity index (χ1v) is 8.50. The first-order chi connectivity index (χ1) is 11.3. The van der Waals surface area contributed by atoms with E-state index in [2.05, 4.69) is 23.1 Å². The van der Waals surface area contributed by atoms with Crippen molar-refractivity contribution in [3.05, 3.63) is 60.2 Å². The molecule has 0 radical (unpaired) electrons. The lowest BCUT2D eigenvalue weighted by Gasteiger charge is -2.34. The van der Waals surface area contributed by atoms with Crippen LogP contribution in [0.4, 0.5) is 0 Å². The second kappa shape index (κ2) is 6.17. The molecule has 0 unspecified atom stereocenters. The van der Waals surface area contributed by atoms with Crippen LogP contribution in [-0.4, -0.2) is 47.9 Å². The zero-order valence-electron chi connectivity index (χ0n) is 13.3. The highest BCUT2D eigenvalue weighted by Gasteiger charge is 2.32. The van der Waals surface area contributed by atoms with E-state index in [1.165, 1.54) is 12.8 Å². The van der Waals surface area contributed by atoms with Gasteiger partial charge in [0.05, 0.1) is 0 Å². The Morgan fingerprint density at radius 3 is 2.22 bits per heavy atom. The molecule has 2 aromatic rings. The summed E-state index contributed by atoms with van der Waals surface area (Å²) in [5.74, 6) is 0.165. The molecule has 0 bridgehead atoms. The summed E-state index contributed by atoms with van der Waals surface area (Å²) in [5.41, 5.74) is 3.06. The van der Waals surface area contributed by atoms with E-state index in [1.807, 2.05) is 41.3 Å². The Morgan fingerprint density at radius 1 is 0.826 bits per heavy atom. The molecular weight excluding hydrogens is 284 g/mol. The van der Waals surface area contributed by atoms with Crippen molar-refractivity contribution in [3.63, 3.8) is 0 Å². The molecule has 0 atom stereocenters. The highest BCUT2D eigenvalue weighted by Crippen LogP contribution is 2.28. The molecule has 3 nitrogen and oxygen atoms in total. The number of benzene rings is 2. The SMILES string of the molecule is O=C(c1cccc(-c2ccccc2)c1)N1CCN(C2CC2)CC1. The van der Waals surface area contributed by atoms with Crippen molar-refractivity contribution in [2.24, 2.45) is 0 Å². The van der Waals surface area contributed by atoms with E-state index < -0.39 is 0 Å². The summed E-state index contributed by atoms with van der Waals surface area (Å²) in [7, 11) is 0. The Hall–Kier alpha value is -2.13. The monoisotopic (exact) mass is 306 g/mol. The van der Waals surface area contributed by atoms with Gasteiger partial charge in [-0.1, -0.05) is 42.5 Å². The minimum atomic E-state index is 0.165. The van der Waals surface area contributed by atoms with Crippen LogP contribution in [-0.2, 0) is 0 Å². The van der Waals surface area contributed by atoms with E-state index >= 15 is 0 Å². The molecule has 2 aromatic carbocycles. The second-order valence-electron chi connectivity index (χ2n) is 6.51. The lowest BCUT2D eigenvalue weighted by molar-refractivity contribution is 0.0627. The Labute approximate surface area is 137 Å². The summed E-state index contributed by atoms with van der Waals surface area (Å²) < 4.78 is 0. The van der Waals surface area contributed by atoms with Gasteiger partial charge < -0.3 is 4.90 Å². The molecular formula is C20H22N2O. The third-order valence-corrected chi connectivity index (χ3v) is 4.88. The van der Waals surface area contributed by atoms with E-state index in [4.69, 9.17) is 0 Å². The molecule has 1 saturated carbocycles. The van der Waals surface area contributed by atoms with Gasteiger partial charge in [0.25, 0.3) is 5.91 Å². The van der Waals surface area contributed by atoms with Gasteiger partial charge in [0.1, 0.15) is 0 Å². The van der Waals surface area contributed by atoms with E-state index in [9.17, 15) is 4.79 Å². The molecule has 1 amide bonds. The van der Waals surface area contributed by atoms with Gasteiger partial charge in [0, 0.05) is 37.8 Å². The number of amides is 1. The molecule has 0 aromatic heterocycles. The number of carbonyl (C=O) groups excluding carboxylic acids is 1. The Morgan fingerprint density at radius 2 is 1.52 bits per heavy atom. The molecule has 2 fully saturated rings. The third kappa shape index (κ3) is 3.15. The zero-order chi connectivity index (χ0) is 15.6. The van der Waals surface area contributed by atoms with Crippen LogP contribution in [0.3, 0.4) is 0 Å². The number of rotatable bonds is 3. The van der Waals surface area contributed by atoms with Crippen LogP contribution >= 0.6 is 0 Å². The standard InChI is InChI=1S/C20H22N2O/c23-20(22-13-11-21(12-14-22)19-9-10-19)18-8-4-7-17(15-18)16-5-2-1-3-6-16/h1-8,15,19H,9-14H2. The first-order valence-electron chi connectivity index (χ1n) is 8.50. The zero-order valence-corrected chi connectivity index (χ0v) is 13.3. The topological polar surface area (TPSA) is 23.6 Å². The average molecular weight is 306 g/mol. The van der Waals surface area contributed by atoms with Gasteiger partial charge in [-0.25, -0.2) is 0 Å². The maximum atomic E-state index is 12.8. The quantitative estimate of drug-likeness (QED) is 0.869. The van der Waals surface area contributed by atoms with Gasteiger partial charge >= 0.3 is 0 Å². The minimum Gasteiger partial charge on any atom is -0.336 e. The van der Waals surface area contributed by atoms with Gasteiger partial charge in [-0.05, 0) is 36.1 Å². The summed E-state index contributed by atoms with van der Waals surface area (Å²) in [6.07, 6.45) is 2.68. The van der Waals surface area contributed by atoms with E-state index in [0.29, 0.717) is 0 Å². The van der Waals surface area contributed by atoms with Crippen LogP contribution in [0.2, 0.25) is 0 Å².